The summed E-state index contributed by atoms with van der Waals surface area (Å²) in [7, 11) is 0. The molecule has 2 amide bonds. The number of aromatic nitrogens is 1. The van der Waals surface area contributed by atoms with E-state index in [9.17, 15) is 14.7 Å². The fourth-order valence-electron chi connectivity index (χ4n) is 1.93. The van der Waals surface area contributed by atoms with E-state index in [0.29, 0.717) is 18.2 Å². The van der Waals surface area contributed by atoms with Crippen LogP contribution < -0.4 is 10.0 Å². The molecule has 0 unspecified atom stereocenters. The maximum atomic E-state index is 10.9. The van der Waals surface area contributed by atoms with Crippen LogP contribution in [0.5, 0.6) is 0 Å². The van der Waals surface area contributed by atoms with Crippen LogP contribution in [-0.2, 0) is 4.79 Å². The Morgan fingerprint density at radius 2 is 2.11 bits per heavy atom. The normalized spacial score (nSPS) is 18.4. The van der Waals surface area contributed by atoms with Crippen molar-refractivity contribution in [3.63, 3.8) is 0 Å². The highest BCUT2D eigenvalue weighted by Crippen LogP contribution is 2.19. The predicted molar refractivity (Wildman–Crippen MR) is 62.5 cm³/mol. The van der Waals surface area contributed by atoms with Crippen molar-refractivity contribution in [3.8, 4) is 0 Å². The van der Waals surface area contributed by atoms with E-state index in [1.54, 1.807) is 24.7 Å². The van der Waals surface area contributed by atoms with E-state index < -0.39 is 10.6 Å². The standard InChI is InChI=1S/C11H12ClN3O3/c12-10-2-1-9(7-13-10)14-3-5-15(8-16,6-4-14)11(17)18/h1-2,7H,3-6H2,(H,17,18)/q+1/p-1. The van der Waals surface area contributed by atoms with Crippen LogP contribution in [0.2, 0.25) is 5.15 Å². The highest BCUT2D eigenvalue weighted by atomic mass is 35.5. The number of quaternary nitrogens is 1. The van der Waals surface area contributed by atoms with Gasteiger partial charge in [0.2, 0.25) is 0 Å². The largest absolute Gasteiger partial charge is 0.498 e. The van der Waals surface area contributed by atoms with Crippen molar-refractivity contribution in [2.24, 2.45) is 0 Å². The lowest BCUT2D eigenvalue weighted by molar-refractivity contribution is -0.789. The number of amides is 2. The van der Waals surface area contributed by atoms with Crippen LogP contribution in [0.4, 0.5) is 10.5 Å². The third kappa shape index (κ3) is 2.30. The molecule has 18 heavy (non-hydrogen) atoms. The molecule has 0 aliphatic carbocycles. The van der Waals surface area contributed by atoms with Crippen LogP contribution in [0.1, 0.15) is 0 Å². The molecule has 95 valence electrons. The number of halogens is 1. The monoisotopic (exact) mass is 268 g/mol. The van der Waals surface area contributed by atoms with Crippen molar-refractivity contribution >= 4 is 29.8 Å². The van der Waals surface area contributed by atoms with Crippen LogP contribution in [0, 0.1) is 0 Å². The first kappa shape index (κ1) is 12.8. The number of pyridine rings is 1. The van der Waals surface area contributed by atoms with Gasteiger partial charge in [-0.3, -0.25) is 0 Å². The zero-order valence-corrected chi connectivity index (χ0v) is 10.3. The van der Waals surface area contributed by atoms with Crippen LogP contribution in [0.15, 0.2) is 18.3 Å². The van der Waals surface area contributed by atoms with Gasteiger partial charge in [-0.2, -0.15) is 4.48 Å². The van der Waals surface area contributed by atoms with E-state index in [4.69, 9.17) is 11.6 Å². The summed E-state index contributed by atoms with van der Waals surface area (Å²) in [5, 5.41) is 11.3. The van der Waals surface area contributed by atoms with Crippen molar-refractivity contribution < 1.29 is 19.2 Å². The lowest BCUT2D eigenvalue weighted by Crippen LogP contribution is -2.65. The first-order valence-corrected chi connectivity index (χ1v) is 5.80. The number of rotatable bonds is 2. The first-order valence-electron chi connectivity index (χ1n) is 5.42. The average Bonchev–Trinajstić information content (AvgIpc) is 2.39. The Kier molecular flexibility index (Phi) is 3.49. The summed E-state index contributed by atoms with van der Waals surface area (Å²) in [4.78, 5) is 27.6. The van der Waals surface area contributed by atoms with Gasteiger partial charge in [-0.1, -0.05) is 11.6 Å². The van der Waals surface area contributed by atoms with Gasteiger partial charge in [0.1, 0.15) is 18.2 Å². The molecule has 1 fully saturated rings. The number of carbonyl (C=O) groups is 1. The summed E-state index contributed by atoms with van der Waals surface area (Å²) >= 11 is 5.69. The number of anilines is 1. The fourth-order valence-corrected chi connectivity index (χ4v) is 2.04. The van der Waals surface area contributed by atoms with Crippen LogP contribution in [0.3, 0.4) is 0 Å². The van der Waals surface area contributed by atoms with Gasteiger partial charge in [0.15, 0.2) is 0 Å². The number of carbonyl (C=O) groups excluding carboxylic acids is 2. The van der Waals surface area contributed by atoms with Crippen LogP contribution >= 0.6 is 11.6 Å². The van der Waals surface area contributed by atoms with Gasteiger partial charge in [-0.05, 0) is 12.1 Å². The molecule has 1 saturated heterocycles. The highest BCUT2D eigenvalue weighted by molar-refractivity contribution is 6.29. The van der Waals surface area contributed by atoms with Gasteiger partial charge in [0.05, 0.1) is 25.0 Å². The summed E-state index contributed by atoms with van der Waals surface area (Å²) in [5.41, 5.74) is 0.849. The number of carboxylic acid groups (broad SMARTS) is 1. The Hall–Kier alpha value is -1.66. The molecule has 0 bridgehead atoms. The summed E-state index contributed by atoms with van der Waals surface area (Å²) in [6.07, 6.45) is 1.77. The van der Waals surface area contributed by atoms with E-state index in [0.717, 1.165) is 5.69 Å². The van der Waals surface area contributed by atoms with Gasteiger partial charge < -0.3 is 14.8 Å². The summed E-state index contributed by atoms with van der Waals surface area (Å²) in [5.74, 6) is 0. The number of imide groups is 1. The second kappa shape index (κ2) is 4.91. The molecule has 0 saturated carbocycles. The quantitative estimate of drug-likeness (QED) is 0.548. The Bertz CT molecular complexity index is 455. The highest BCUT2D eigenvalue weighted by Gasteiger charge is 2.37. The molecule has 1 aromatic heterocycles. The minimum Gasteiger partial charge on any atom is -0.498 e. The lowest BCUT2D eigenvalue weighted by Gasteiger charge is -2.39. The van der Waals surface area contributed by atoms with Crippen molar-refractivity contribution in [2.45, 2.75) is 0 Å². The van der Waals surface area contributed by atoms with Crippen molar-refractivity contribution in [1.29, 1.82) is 0 Å². The van der Waals surface area contributed by atoms with Gasteiger partial charge in [0, 0.05) is 0 Å². The molecular weight excluding hydrogens is 258 g/mol. The molecule has 7 heteroatoms. The summed E-state index contributed by atoms with van der Waals surface area (Å²) < 4.78 is -0.766. The van der Waals surface area contributed by atoms with Gasteiger partial charge in [-0.15, -0.1) is 0 Å². The molecule has 1 aromatic rings. The Morgan fingerprint density at radius 1 is 1.44 bits per heavy atom. The molecule has 0 atom stereocenters. The van der Waals surface area contributed by atoms with E-state index in [-0.39, 0.29) is 13.1 Å². The molecule has 2 heterocycles. The van der Waals surface area contributed by atoms with Gasteiger partial charge in [0.25, 0.3) is 6.09 Å². The van der Waals surface area contributed by atoms with Crippen LogP contribution in [0.25, 0.3) is 0 Å². The molecule has 0 N–H and O–H groups in total. The summed E-state index contributed by atoms with van der Waals surface area (Å²) in [6, 6.07) is 3.47. The lowest BCUT2D eigenvalue weighted by atomic mass is 10.2. The Morgan fingerprint density at radius 3 is 2.56 bits per heavy atom. The molecule has 1 aliphatic rings. The zero-order chi connectivity index (χ0) is 13.2. The van der Waals surface area contributed by atoms with E-state index >= 15 is 0 Å². The predicted octanol–water partition coefficient (Wildman–Crippen LogP) is -0.218. The molecule has 2 rings (SSSR count). The molecule has 0 aromatic carbocycles. The minimum absolute atomic E-state index is 0.133. The topological polar surface area (TPSA) is 73.3 Å². The maximum absolute atomic E-state index is 10.9. The maximum Gasteiger partial charge on any atom is 0.449 e. The SMILES string of the molecule is O=[C][N+]1(C(=O)[O-])CCN(c2ccc(Cl)nc2)CC1. The second-order valence-corrected chi connectivity index (χ2v) is 4.49. The van der Waals surface area contributed by atoms with Gasteiger partial charge in [-0.25, -0.2) is 9.78 Å². The smallest absolute Gasteiger partial charge is 0.449 e. The molecular formula is C11H11ClN3O3. The van der Waals surface area contributed by atoms with Crippen LogP contribution in [-0.4, -0.2) is 48.1 Å². The van der Waals surface area contributed by atoms with E-state index in [1.165, 1.54) is 0 Å². The molecule has 0 spiro atoms. The third-order valence-electron chi connectivity index (χ3n) is 3.10. The second-order valence-electron chi connectivity index (χ2n) is 4.10. The zero-order valence-electron chi connectivity index (χ0n) is 9.50. The van der Waals surface area contributed by atoms with E-state index in [1.807, 2.05) is 4.90 Å². The van der Waals surface area contributed by atoms with E-state index in [2.05, 4.69) is 4.98 Å². The number of hydrogen-bond donors (Lipinski definition) is 0. The fraction of sp³-hybridized carbons (Fsp3) is 0.364. The average molecular weight is 269 g/mol. The molecule has 6 nitrogen and oxygen atoms in total. The number of piperazine rings is 1. The number of hydrogen-bond acceptors (Lipinski definition) is 5. The molecule has 1 radical (unpaired) electrons. The number of nitrogens with zero attached hydrogens (tertiary/aromatic N) is 3. The Balaban J connectivity index is 2.08. The van der Waals surface area contributed by atoms with Crippen molar-refractivity contribution in [1.82, 2.24) is 4.98 Å². The summed E-state index contributed by atoms with van der Waals surface area (Å²) in [6.45, 7) is 1.11. The Labute approximate surface area is 109 Å². The van der Waals surface area contributed by atoms with Gasteiger partial charge >= 0.3 is 6.41 Å². The third-order valence-corrected chi connectivity index (χ3v) is 3.33. The van der Waals surface area contributed by atoms with Crippen molar-refractivity contribution in [3.05, 3.63) is 23.5 Å². The minimum atomic E-state index is -1.40. The first-order chi connectivity index (χ1) is 8.57. The van der Waals surface area contributed by atoms with Crippen molar-refractivity contribution in [2.75, 3.05) is 31.1 Å². The molecule has 1 aliphatic heterocycles.